The third kappa shape index (κ3) is 3.77. The summed E-state index contributed by atoms with van der Waals surface area (Å²) in [7, 11) is 0. The number of rotatable bonds is 4. The fourth-order valence-electron chi connectivity index (χ4n) is 3.93. The Hall–Kier alpha value is -3.14. The zero-order chi connectivity index (χ0) is 19.5. The Bertz CT molecular complexity index is 956. The fraction of sp³-hybridized carbons (Fsp3) is 0.208. The molecule has 0 saturated carbocycles. The molecule has 1 amide bonds. The average Bonchev–Trinajstić information content (AvgIpc) is 2.70. The third-order valence-corrected chi connectivity index (χ3v) is 5.24. The van der Waals surface area contributed by atoms with Gasteiger partial charge >= 0.3 is 0 Å². The largest absolute Gasteiger partial charge is 0.378 e. The first-order valence-electron chi connectivity index (χ1n) is 9.59. The zero-order valence-electron chi connectivity index (χ0n) is 15.8. The number of nitrogens with one attached hydrogen (secondary N) is 1. The van der Waals surface area contributed by atoms with Crippen molar-refractivity contribution in [2.75, 3.05) is 10.2 Å². The minimum Gasteiger partial charge on any atom is -0.378 e. The standard InChI is InChI=1S/C24H23FN2O/c1-17-15-22(26-20-7-3-2-4-8-20)21-9-5-6-10-23(21)27(17)24(28)16-18-11-13-19(25)14-12-18/h2-14,17,22,26H,15-16H2,1H3/t17-,22-/m0/s1. The van der Waals surface area contributed by atoms with E-state index in [4.69, 9.17) is 0 Å². The normalized spacial score (nSPS) is 18.4. The quantitative estimate of drug-likeness (QED) is 0.668. The highest BCUT2D eigenvalue weighted by Crippen LogP contribution is 2.39. The number of para-hydroxylation sites is 2. The minimum atomic E-state index is -0.289. The van der Waals surface area contributed by atoms with Crippen LogP contribution in [0.4, 0.5) is 15.8 Å². The molecule has 142 valence electrons. The lowest BCUT2D eigenvalue weighted by molar-refractivity contribution is -0.118. The van der Waals surface area contributed by atoms with Gasteiger partial charge in [0.1, 0.15) is 5.82 Å². The van der Waals surface area contributed by atoms with Crippen molar-refractivity contribution in [3.63, 3.8) is 0 Å². The molecule has 3 aromatic carbocycles. The topological polar surface area (TPSA) is 32.3 Å². The highest BCUT2D eigenvalue weighted by Gasteiger charge is 2.33. The Morgan fingerprint density at radius 2 is 1.68 bits per heavy atom. The highest BCUT2D eigenvalue weighted by molar-refractivity contribution is 5.96. The van der Waals surface area contributed by atoms with E-state index in [1.807, 2.05) is 41.3 Å². The fourth-order valence-corrected chi connectivity index (χ4v) is 3.93. The Labute approximate surface area is 164 Å². The SMILES string of the molecule is C[C@H]1C[C@H](Nc2ccccc2)c2ccccc2N1C(=O)Cc1ccc(F)cc1. The lowest BCUT2D eigenvalue weighted by Gasteiger charge is -2.40. The van der Waals surface area contributed by atoms with Gasteiger partial charge in [0.25, 0.3) is 0 Å². The van der Waals surface area contributed by atoms with Crippen molar-refractivity contribution in [2.24, 2.45) is 0 Å². The maximum absolute atomic E-state index is 13.2. The molecule has 0 aliphatic carbocycles. The number of hydrogen-bond donors (Lipinski definition) is 1. The molecule has 3 nitrogen and oxygen atoms in total. The number of carbonyl (C=O) groups excluding carboxylic acids is 1. The zero-order valence-corrected chi connectivity index (χ0v) is 15.8. The first-order chi connectivity index (χ1) is 13.6. The van der Waals surface area contributed by atoms with Crippen LogP contribution in [-0.2, 0) is 11.2 Å². The van der Waals surface area contributed by atoms with Gasteiger partial charge < -0.3 is 10.2 Å². The number of fused-ring (bicyclic) bond motifs is 1. The lowest BCUT2D eigenvalue weighted by atomic mass is 9.91. The van der Waals surface area contributed by atoms with E-state index in [1.54, 1.807) is 12.1 Å². The van der Waals surface area contributed by atoms with Crippen molar-refractivity contribution in [1.82, 2.24) is 0 Å². The summed E-state index contributed by atoms with van der Waals surface area (Å²) in [6.07, 6.45) is 1.08. The van der Waals surface area contributed by atoms with E-state index in [0.29, 0.717) is 0 Å². The van der Waals surface area contributed by atoms with E-state index < -0.39 is 0 Å². The first-order valence-corrected chi connectivity index (χ1v) is 9.59. The van der Waals surface area contributed by atoms with Crippen LogP contribution in [0.3, 0.4) is 0 Å². The van der Waals surface area contributed by atoms with Crippen LogP contribution < -0.4 is 10.2 Å². The Morgan fingerprint density at radius 1 is 1.00 bits per heavy atom. The van der Waals surface area contributed by atoms with E-state index >= 15 is 0 Å². The molecule has 3 aromatic rings. The van der Waals surface area contributed by atoms with Crippen molar-refractivity contribution in [1.29, 1.82) is 0 Å². The van der Waals surface area contributed by atoms with Gasteiger partial charge in [-0.3, -0.25) is 4.79 Å². The van der Waals surface area contributed by atoms with Crippen LogP contribution in [0, 0.1) is 5.82 Å². The molecule has 0 saturated heterocycles. The van der Waals surface area contributed by atoms with Crippen LogP contribution >= 0.6 is 0 Å². The smallest absolute Gasteiger partial charge is 0.231 e. The summed E-state index contributed by atoms with van der Waals surface area (Å²) in [6.45, 7) is 2.08. The minimum absolute atomic E-state index is 0.0321. The predicted molar refractivity (Wildman–Crippen MR) is 111 cm³/mol. The number of benzene rings is 3. The summed E-state index contributed by atoms with van der Waals surface area (Å²) >= 11 is 0. The maximum atomic E-state index is 13.2. The second kappa shape index (κ2) is 7.85. The van der Waals surface area contributed by atoms with Gasteiger partial charge in [0.05, 0.1) is 12.5 Å². The summed E-state index contributed by atoms with van der Waals surface area (Å²) in [6, 6.07) is 24.5. The molecule has 28 heavy (non-hydrogen) atoms. The van der Waals surface area contributed by atoms with Crippen LogP contribution in [0.1, 0.15) is 30.5 Å². The van der Waals surface area contributed by atoms with Gasteiger partial charge in [-0.1, -0.05) is 48.5 Å². The molecule has 0 unspecified atom stereocenters. The van der Waals surface area contributed by atoms with Gasteiger partial charge in [-0.2, -0.15) is 0 Å². The average molecular weight is 374 g/mol. The van der Waals surface area contributed by atoms with Crippen molar-refractivity contribution in [2.45, 2.75) is 31.8 Å². The van der Waals surface area contributed by atoms with Gasteiger partial charge in [-0.15, -0.1) is 0 Å². The number of carbonyl (C=O) groups is 1. The molecule has 2 atom stereocenters. The maximum Gasteiger partial charge on any atom is 0.231 e. The van der Waals surface area contributed by atoms with E-state index in [2.05, 4.69) is 30.4 Å². The predicted octanol–water partition coefficient (Wildman–Crippen LogP) is 5.35. The van der Waals surface area contributed by atoms with Crippen LogP contribution in [0.2, 0.25) is 0 Å². The Morgan fingerprint density at radius 3 is 2.43 bits per heavy atom. The van der Waals surface area contributed by atoms with E-state index in [9.17, 15) is 9.18 Å². The van der Waals surface area contributed by atoms with E-state index in [-0.39, 0.29) is 30.2 Å². The Balaban J connectivity index is 1.60. The van der Waals surface area contributed by atoms with E-state index in [0.717, 1.165) is 28.9 Å². The van der Waals surface area contributed by atoms with Gasteiger partial charge in [0.15, 0.2) is 0 Å². The van der Waals surface area contributed by atoms with Crippen molar-refractivity contribution in [3.05, 3.63) is 95.8 Å². The second-order valence-corrected chi connectivity index (χ2v) is 7.27. The van der Waals surface area contributed by atoms with Crippen LogP contribution in [0.25, 0.3) is 0 Å². The van der Waals surface area contributed by atoms with Crippen LogP contribution in [0.15, 0.2) is 78.9 Å². The number of amides is 1. The number of anilines is 2. The molecular weight excluding hydrogens is 351 g/mol. The molecule has 1 heterocycles. The Kier molecular flexibility index (Phi) is 5.11. The summed E-state index contributed by atoms with van der Waals surface area (Å²) in [5.74, 6) is -0.257. The number of halogens is 1. The number of hydrogen-bond acceptors (Lipinski definition) is 2. The van der Waals surface area contributed by atoms with E-state index in [1.165, 1.54) is 12.1 Å². The van der Waals surface area contributed by atoms with Crippen molar-refractivity contribution in [3.8, 4) is 0 Å². The van der Waals surface area contributed by atoms with Gasteiger partial charge in [-0.05, 0) is 54.8 Å². The summed E-state index contributed by atoms with van der Waals surface area (Å²) in [5.41, 5.74) is 3.96. The van der Waals surface area contributed by atoms with Gasteiger partial charge in [0, 0.05) is 17.4 Å². The lowest BCUT2D eigenvalue weighted by Crippen LogP contribution is -2.45. The summed E-state index contributed by atoms with van der Waals surface area (Å²) in [4.78, 5) is 15.0. The van der Waals surface area contributed by atoms with Crippen molar-refractivity contribution < 1.29 is 9.18 Å². The molecule has 0 bridgehead atoms. The molecule has 1 aliphatic heterocycles. The van der Waals surface area contributed by atoms with Crippen LogP contribution in [0.5, 0.6) is 0 Å². The van der Waals surface area contributed by atoms with Crippen LogP contribution in [-0.4, -0.2) is 11.9 Å². The molecule has 0 radical (unpaired) electrons. The molecule has 4 rings (SSSR count). The molecule has 0 fully saturated rings. The van der Waals surface area contributed by atoms with Gasteiger partial charge in [-0.25, -0.2) is 4.39 Å². The van der Waals surface area contributed by atoms with Gasteiger partial charge in [0.2, 0.25) is 5.91 Å². The molecular formula is C24H23FN2O. The first kappa shape index (κ1) is 18.2. The monoisotopic (exact) mass is 374 g/mol. The molecule has 1 N–H and O–H groups in total. The molecule has 0 aromatic heterocycles. The van der Waals surface area contributed by atoms with Crippen molar-refractivity contribution >= 4 is 17.3 Å². The summed E-state index contributed by atoms with van der Waals surface area (Å²) in [5, 5.41) is 3.60. The highest BCUT2D eigenvalue weighted by atomic mass is 19.1. The molecule has 1 aliphatic rings. The molecule has 0 spiro atoms. The second-order valence-electron chi connectivity index (χ2n) is 7.27. The molecule has 4 heteroatoms. The summed E-state index contributed by atoms with van der Waals surface area (Å²) < 4.78 is 13.2. The number of nitrogens with zero attached hydrogens (tertiary/aromatic N) is 1. The third-order valence-electron chi connectivity index (χ3n) is 5.24.